The van der Waals surface area contributed by atoms with E-state index in [0.717, 1.165) is 35.4 Å². The lowest BCUT2D eigenvalue weighted by Crippen LogP contribution is -2.48. The number of pyridine rings is 1. The molecule has 2 fully saturated rings. The van der Waals surface area contributed by atoms with Crippen molar-refractivity contribution in [2.45, 2.75) is 77.4 Å². The SMILES string of the molecule is CCOC(=O)[C@]12CC(=O)[C@@H]3C[C@@H](Oc4cc(-c5nc(C(C)C)cs5)nc5cc(OC)ccc45)CN3C(=O)N(C)CCCC/C=C\[C@@H]1C2. The van der Waals surface area contributed by atoms with Crippen molar-refractivity contribution in [3.63, 3.8) is 0 Å². The Kier molecular flexibility index (Phi) is 9.55. The number of thiazole rings is 1. The summed E-state index contributed by atoms with van der Waals surface area (Å²) < 4.78 is 17.7. The number of amides is 2. The Morgan fingerprint density at radius 2 is 2.00 bits per heavy atom. The standard InChI is InChI=1S/C36H44N4O6S/c1-6-45-34(42)36-18-23(36)11-9-7-8-10-14-39(4)35(43)40-20-25(16-30(40)31(41)19-36)46-32-17-28(33-38-29(21-47-33)22(2)3)37-27-15-24(44-5)12-13-26(27)32/h9,11-13,15,17,21-23,25,30H,6-8,10,14,16,18-20H2,1-5H3/b11-9-/t23-,25-,30+,36-/m1/s1. The number of allylic oxidation sites excluding steroid dienone is 2. The van der Waals surface area contributed by atoms with E-state index in [9.17, 15) is 14.4 Å². The van der Waals surface area contributed by atoms with Crippen LogP contribution in [0.4, 0.5) is 4.79 Å². The van der Waals surface area contributed by atoms with Gasteiger partial charge >= 0.3 is 12.0 Å². The molecule has 6 rings (SSSR count). The third kappa shape index (κ3) is 6.72. The fraction of sp³-hybridized carbons (Fsp3) is 0.528. The van der Waals surface area contributed by atoms with E-state index < -0.39 is 17.6 Å². The zero-order valence-electron chi connectivity index (χ0n) is 27.9. The molecule has 0 unspecified atom stereocenters. The average Bonchev–Trinajstić information content (AvgIpc) is 3.36. The predicted octanol–water partition coefficient (Wildman–Crippen LogP) is 6.63. The summed E-state index contributed by atoms with van der Waals surface area (Å²) >= 11 is 1.54. The molecule has 2 aliphatic heterocycles. The van der Waals surface area contributed by atoms with Crippen LogP contribution in [-0.2, 0) is 14.3 Å². The van der Waals surface area contributed by atoms with Crippen LogP contribution in [0.2, 0.25) is 0 Å². The molecule has 11 heteroatoms. The van der Waals surface area contributed by atoms with Gasteiger partial charge in [-0.05, 0) is 56.6 Å². The maximum absolute atomic E-state index is 14.1. The first-order chi connectivity index (χ1) is 22.6. The number of fused-ring (bicyclic) bond motifs is 3. The summed E-state index contributed by atoms with van der Waals surface area (Å²) in [5.74, 6) is 1.07. The Morgan fingerprint density at radius 3 is 2.74 bits per heavy atom. The van der Waals surface area contributed by atoms with Gasteiger partial charge in [-0.3, -0.25) is 9.59 Å². The second-order valence-electron chi connectivity index (χ2n) is 13.2. The number of hydrogen-bond donors (Lipinski definition) is 0. The van der Waals surface area contributed by atoms with Crippen LogP contribution in [0.25, 0.3) is 21.6 Å². The normalized spacial score (nSPS) is 25.7. The molecule has 10 nitrogen and oxygen atoms in total. The summed E-state index contributed by atoms with van der Waals surface area (Å²) in [6.07, 6.45) is 7.31. The molecule has 3 aromatic rings. The summed E-state index contributed by atoms with van der Waals surface area (Å²) in [7, 11) is 3.40. The van der Waals surface area contributed by atoms with Crippen LogP contribution >= 0.6 is 11.3 Å². The van der Waals surface area contributed by atoms with E-state index in [4.69, 9.17) is 24.2 Å². The van der Waals surface area contributed by atoms with Crippen molar-refractivity contribution in [2.75, 3.05) is 33.9 Å². The number of nitrogens with zero attached hydrogens (tertiary/aromatic N) is 4. The lowest BCUT2D eigenvalue weighted by atomic mass is 9.92. The highest BCUT2D eigenvalue weighted by molar-refractivity contribution is 7.13. The molecule has 0 N–H and O–H groups in total. The van der Waals surface area contributed by atoms with Gasteiger partial charge in [-0.2, -0.15) is 0 Å². The second-order valence-corrected chi connectivity index (χ2v) is 14.1. The van der Waals surface area contributed by atoms with Gasteiger partial charge < -0.3 is 24.0 Å². The van der Waals surface area contributed by atoms with Crippen LogP contribution in [0.15, 0.2) is 41.8 Å². The number of carbonyl (C=O) groups is 3. The van der Waals surface area contributed by atoms with Crippen LogP contribution in [0, 0.1) is 11.3 Å². The van der Waals surface area contributed by atoms with Gasteiger partial charge in [0.1, 0.15) is 28.3 Å². The van der Waals surface area contributed by atoms with Gasteiger partial charge in [0, 0.05) is 49.3 Å². The number of Topliss-reactive ketones (excluding diaryl/α,β-unsaturated/α-hetero) is 1. The average molecular weight is 661 g/mol. The molecule has 0 bridgehead atoms. The van der Waals surface area contributed by atoms with Crippen molar-refractivity contribution in [2.24, 2.45) is 11.3 Å². The van der Waals surface area contributed by atoms with Crippen molar-refractivity contribution in [1.82, 2.24) is 19.8 Å². The summed E-state index contributed by atoms with van der Waals surface area (Å²) in [4.78, 5) is 54.2. The number of methoxy groups -OCH3 is 1. The fourth-order valence-electron chi connectivity index (χ4n) is 6.74. The number of ether oxygens (including phenoxy) is 3. The van der Waals surface area contributed by atoms with Gasteiger partial charge in [0.05, 0.1) is 42.9 Å². The number of urea groups is 1. The summed E-state index contributed by atoms with van der Waals surface area (Å²) in [6, 6.07) is 6.64. The van der Waals surface area contributed by atoms with Gasteiger partial charge in [-0.25, -0.2) is 14.8 Å². The van der Waals surface area contributed by atoms with Crippen LogP contribution in [0.5, 0.6) is 11.5 Å². The first-order valence-electron chi connectivity index (χ1n) is 16.6. The Bertz CT molecular complexity index is 1690. The second kappa shape index (κ2) is 13.6. The molecule has 3 aliphatic rings. The Morgan fingerprint density at radius 1 is 1.17 bits per heavy atom. The monoisotopic (exact) mass is 660 g/mol. The molecular formula is C36H44N4O6S. The van der Waals surface area contributed by atoms with E-state index in [1.165, 1.54) is 11.3 Å². The first kappa shape index (κ1) is 32.9. The maximum Gasteiger partial charge on any atom is 0.320 e. The zero-order valence-corrected chi connectivity index (χ0v) is 28.7. The number of esters is 1. The lowest BCUT2D eigenvalue weighted by molar-refractivity contribution is -0.152. The predicted molar refractivity (Wildman–Crippen MR) is 181 cm³/mol. The van der Waals surface area contributed by atoms with Crippen LogP contribution in [0.1, 0.15) is 70.9 Å². The van der Waals surface area contributed by atoms with Crippen LogP contribution in [-0.4, -0.2) is 83.6 Å². The number of aromatic nitrogens is 2. The van der Waals surface area contributed by atoms with Crippen molar-refractivity contribution >= 4 is 40.0 Å². The first-order valence-corrected chi connectivity index (χ1v) is 17.5. The van der Waals surface area contributed by atoms with Crippen LogP contribution in [0.3, 0.4) is 0 Å². The van der Waals surface area contributed by atoms with Crippen molar-refractivity contribution < 1.29 is 28.6 Å². The minimum absolute atomic E-state index is 0.0330. The van der Waals surface area contributed by atoms with E-state index in [0.29, 0.717) is 42.1 Å². The van der Waals surface area contributed by atoms with Crippen molar-refractivity contribution in [3.8, 4) is 22.2 Å². The minimum Gasteiger partial charge on any atom is -0.497 e. The van der Waals surface area contributed by atoms with Gasteiger partial charge in [0.15, 0.2) is 5.78 Å². The van der Waals surface area contributed by atoms with E-state index in [1.54, 1.807) is 30.9 Å². The summed E-state index contributed by atoms with van der Waals surface area (Å²) in [5, 5.41) is 3.64. The molecular weight excluding hydrogens is 616 g/mol. The molecule has 2 aromatic heterocycles. The molecule has 1 saturated heterocycles. The number of hydrogen-bond acceptors (Lipinski definition) is 9. The summed E-state index contributed by atoms with van der Waals surface area (Å²) in [6.45, 7) is 7.10. The molecule has 4 atom stereocenters. The van der Waals surface area contributed by atoms with Gasteiger partial charge in [0.2, 0.25) is 0 Å². The third-order valence-electron chi connectivity index (χ3n) is 9.60. The topological polar surface area (TPSA) is 111 Å². The molecule has 1 aromatic carbocycles. The molecule has 47 heavy (non-hydrogen) atoms. The number of rotatable bonds is 7. The quantitative estimate of drug-likeness (QED) is 0.205. The molecule has 0 radical (unpaired) electrons. The summed E-state index contributed by atoms with van der Waals surface area (Å²) in [5.41, 5.74) is 1.52. The third-order valence-corrected chi connectivity index (χ3v) is 10.5. The molecule has 2 amide bonds. The van der Waals surface area contributed by atoms with Gasteiger partial charge in [-0.1, -0.05) is 26.0 Å². The smallest absolute Gasteiger partial charge is 0.320 e. The molecule has 4 heterocycles. The van der Waals surface area contributed by atoms with Crippen molar-refractivity contribution in [1.29, 1.82) is 0 Å². The number of benzene rings is 1. The van der Waals surface area contributed by atoms with E-state index in [-0.39, 0.29) is 49.2 Å². The van der Waals surface area contributed by atoms with Gasteiger partial charge in [-0.15, -0.1) is 11.3 Å². The highest BCUT2D eigenvalue weighted by Gasteiger charge is 2.61. The van der Waals surface area contributed by atoms with E-state index in [1.807, 2.05) is 24.3 Å². The number of ketones is 1. The van der Waals surface area contributed by atoms with Crippen molar-refractivity contribution in [3.05, 3.63) is 47.5 Å². The largest absolute Gasteiger partial charge is 0.497 e. The molecule has 1 saturated carbocycles. The minimum atomic E-state index is -0.870. The Labute approximate surface area is 280 Å². The Hall–Kier alpha value is -3.99. The highest BCUT2D eigenvalue weighted by atomic mass is 32.1. The fourth-order valence-corrected chi connectivity index (χ4v) is 7.68. The molecule has 1 aliphatic carbocycles. The maximum atomic E-state index is 14.1. The van der Waals surface area contributed by atoms with E-state index >= 15 is 0 Å². The lowest BCUT2D eigenvalue weighted by Gasteiger charge is -2.29. The molecule has 250 valence electrons. The van der Waals surface area contributed by atoms with E-state index in [2.05, 4.69) is 31.4 Å². The number of carbonyl (C=O) groups excluding carboxylic acids is 3. The zero-order chi connectivity index (χ0) is 33.3. The molecule has 0 spiro atoms. The Balaban J connectivity index is 1.32. The van der Waals surface area contributed by atoms with Gasteiger partial charge in [0.25, 0.3) is 0 Å². The highest BCUT2D eigenvalue weighted by Crippen LogP contribution is 2.57. The van der Waals surface area contributed by atoms with Crippen LogP contribution < -0.4 is 9.47 Å².